The van der Waals surface area contributed by atoms with Crippen molar-refractivity contribution in [2.75, 3.05) is 0 Å². The number of oxime groups is 2. The minimum Gasteiger partial charge on any atom is -0.289 e. The maximum atomic E-state index is 4.69. The van der Waals surface area contributed by atoms with E-state index in [1.807, 2.05) is 0 Å². The Labute approximate surface area is 48.1 Å². The van der Waals surface area contributed by atoms with Crippen molar-refractivity contribution < 1.29 is 8.57 Å². The molecule has 0 saturated carbocycles. The van der Waals surface area contributed by atoms with Crippen LogP contribution in [0.1, 0.15) is 0 Å². The molecule has 0 amide bonds. The Morgan fingerprint density at radius 3 is 2.38 bits per heavy atom. The van der Waals surface area contributed by atoms with E-state index in [0.29, 0.717) is 0 Å². The molecule has 0 aromatic heterocycles. The summed E-state index contributed by atoms with van der Waals surface area (Å²) in [5.41, 5.74) is 0. The Morgan fingerprint density at radius 1 is 1.25 bits per heavy atom. The molecule has 0 radical (unpaired) electrons. The predicted octanol–water partition coefficient (Wildman–Crippen LogP) is 0.290. The number of hydrogen-bond acceptors (Lipinski definition) is 4. The second kappa shape index (κ2) is 1.32. The van der Waals surface area contributed by atoms with Gasteiger partial charge in [-0.15, -0.1) is 0 Å². The lowest BCUT2D eigenvalue weighted by molar-refractivity contribution is 0.313. The molecule has 8 heavy (non-hydrogen) atoms. The van der Waals surface area contributed by atoms with Gasteiger partial charge in [0.2, 0.25) is 11.0 Å². The van der Waals surface area contributed by atoms with Gasteiger partial charge < -0.3 is 0 Å². The van der Waals surface area contributed by atoms with Gasteiger partial charge >= 0.3 is 0 Å². The van der Waals surface area contributed by atoms with Crippen LogP contribution in [-0.2, 0) is 8.57 Å². The number of rotatable bonds is 0. The summed E-state index contributed by atoms with van der Waals surface area (Å²) in [6, 6.07) is 0. The van der Waals surface area contributed by atoms with Crippen molar-refractivity contribution in [3.05, 3.63) is 0 Å². The van der Waals surface area contributed by atoms with Crippen LogP contribution < -0.4 is 0 Å². The largest absolute Gasteiger partial charge is 0.289 e. The lowest BCUT2D eigenvalue weighted by Crippen LogP contribution is -1.91. The molecule has 0 spiro atoms. The topological polar surface area (TPSA) is 43.2 Å². The summed E-state index contributed by atoms with van der Waals surface area (Å²) in [4.78, 5) is 0.907. The maximum Gasteiger partial charge on any atom is 0.247 e. The summed E-state index contributed by atoms with van der Waals surface area (Å²) in [5.74, 6) is 0. The number of hydrogen-bond donors (Lipinski definition) is 0. The van der Waals surface area contributed by atoms with Gasteiger partial charge in [0.05, 0.1) is 12.4 Å². The molecule has 0 aromatic carbocycles. The van der Waals surface area contributed by atoms with E-state index in [4.69, 9.17) is 0 Å². The summed E-state index contributed by atoms with van der Waals surface area (Å²) in [5, 5.41) is 7.00. The Kier molecular flexibility index (Phi) is 0.672. The van der Waals surface area contributed by atoms with E-state index in [9.17, 15) is 0 Å². The summed E-state index contributed by atoms with van der Waals surface area (Å²) in [6.45, 7) is 0. The summed E-state index contributed by atoms with van der Waals surface area (Å²) in [7, 11) is 0. The summed E-state index contributed by atoms with van der Waals surface area (Å²) < 4.78 is 9.38. The first-order valence-electron chi connectivity index (χ1n) is 2.00. The second-order valence-corrected chi connectivity index (χ2v) is 2.49. The van der Waals surface area contributed by atoms with Crippen LogP contribution in [0, 0.1) is 0 Å². The van der Waals surface area contributed by atoms with E-state index in [1.54, 1.807) is 12.4 Å². The zero-order valence-electron chi connectivity index (χ0n) is 3.77. The lowest BCUT2D eigenvalue weighted by atomic mass is 10.5. The maximum absolute atomic E-state index is 4.69. The molecular formula is C3H2N2O2S. The van der Waals surface area contributed by atoms with Gasteiger partial charge in [-0.1, -0.05) is 10.3 Å². The van der Waals surface area contributed by atoms with Crippen molar-refractivity contribution in [3.63, 3.8) is 0 Å². The Bertz CT molecular complexity index is 187. The van der Waals surface area contributed by atoms with Gasteiger partial charge in [-0.2, -0.15) is 0 Å². The molecular weight excluding hydrogens is 128 g/mol. The highest BCUT2D eigenvalue weighted by molar-refractivity contribution is 8.10. The van der Waals surface area contributed by atoms with Crippen molar-refractivity contribution in [1.82, 2.24) is 0 Å². The van der Waals surface area contributed by atoms with Gasteiger partial charge in [0.1, 0.15) is 4.86 Å². The van der Waals surface area contributed by atoms with Crippen molar-refractivity contribution in [2.24, 2.45) is 10.3 Å². The molecule has 4 nitrogen and oxygen atoms in total. The van der Waals surface area contributed by atoms with Crippen LogP contribution in [0.25, 0.3) is 0 Å². The van der Waals surface area contributed by atoms with Crippen LogP contribution >= 0.6 is 11.0 Å². The highest BCUT2D eigenvalue weighted by atomic mass is 32.2. The van der Waals surface area contributed by atoms with E-state index in [1.165, 1.54) is 0 Å². The molecule has 0 N–H and O–H groups in total. The van der Waals surface area contributed by atoms with Crippen LogP contribution in [0.2, 0.25) is 0 Å². The van der Waals surface area contributed by atoms with Crippen molar-refractivity contribution in [3.8, 4) is 0 Å². The SMILES string of the molecule is C1=NOS2=C1C=NO2. The summed E-state index contributed by atoms with van der Waals surface area (Å²) >= 11 is -0.596. The normalized spacial score (nSPS) is 23.2. The van der Waals surface area contributed by atoms with Gasteiger partial charge in [-0.25, -0.2) is 0 Å². The van der Waals surface area contributed by atoms with Crippen LogP contribution in [0.5, 0.6) is 0 Å². The monoisotopic (exact) mass is 130 g/mol. The lowest BCUT2D eigenvalue weighted by Gasteiger charge is -1.89. The Hall–Kier alpha value is -0.840. The third-order valence-corrected chi connectivity index (χ3v) is 1.81. The van der Waals surface area contributed by atoms with Crippen LogP contribution in [0.15, 0.2) is 10.3 Å². The fraction of sp³-hybridized carbons (Fsp3) is 0. The predicted molar refractivity (Wildman–Crippen MR) is 31.8 cm³/mol. The Balaban J connectivity index is 2.43. The third-order valence-electron chi connectivity index (χ3n) is 0.774. The van der Waals surface area contributed by atoms with E-state index in [-0.39, 0.29) is 0 Å². The quantitative estimate of drug-likeness (QED) is 0.442. The molecule has 2 aliphatic rings. The van der Waals surface area contributed by atoms with Gasteiger partial charge in [0, 0.05) is 0 Å². The molecule has 0 bridgehead atoms. The zero-order chi connectivity index (χ0) is 5.40. The Morgan fingerprint density at radius 2 is 1.88 bits per heavy atom. The standard InChI is InChI=1S/C3H2N2O2S/c1-3-2-5-7-8(3)6-4-1/h1-2H. The average Bonchev–Trinajstić information content (AvgIpc) is 2.15. The molecule has 0 unspecified atom stereocenters. The minimum absolute atomic E-state index is 0.596. The van der Waals surface area contributed by atoms with Crippen molar-refractivity contribution in [2.45, 2.75) is 0 Å². The van der Waals surface area contributed by atoms with E-state index >= 15 is 0 Å². The molecule has 0 saturated heterocycles. The molecule has 0 aliphatic carbocycles. The molecule has 5 heteroatoms. The molecule has 2 rings (SSSR count). The van der Waals surface area contributed by atoms with Crippen molar-refractivity contribution in [1.29, 1.82) is 0 Å². The third kappa shape index (κ3) is 0.389. The smallest absolute Gasteiger partial charge is 0.247 e. The molecule has 0 aromatic rings. The zero-order valence-corrected chi connectivity index (χ0v) is 4.59. The van der Waals surface area contributed by atoms with Gasteiger partial charge in [-0.05, 0) is 0 Å². The highest BCUT2D eigenvalue weighted by Gasteiger charge is 2.15. The minimum atomic E-state index is -0.596. The van der Waals surface area contributed by atoms with Gasteiger partial charge in [0.15, 0.2) is 0 Å². The average molecular weight is 130 g/mol. The van der Waals surface area contributed by atoms with Gasteiger partial charge in [0.25, 0.3) is 0 Å². The molecule has 2 heterocycles. The van der Waals surface area contributed by atoms with Crippen LogP contribution in [-0.4, -0.2) is 17.3 Å². The van der Waals surface area contributed by atoms with Gasteiger partial charge in [-0.3, -0.25) is 8.57 Å². The fourth-order valence-electron chi connectivity index (χ4n) is 0.444. The first kappa shape index (κ1) is 4.08. The molecule has 2 aliphatic heterocycles. The highest BCUT2D eigenvalue weighted by Crippen LogP contribution is 2.25. The molecule has 0 fully saturated rings. The first-order chi connectivity index (χ1) is 3.97. The van der Waals surface area contributed by atoms with Crippen molar-refractivity contribution >= 4 is 28.3 Å². The second-order valence-electron chi connectivity index (χ2n) is 1.26. The molecule has 42 valence electrons. The fourth-order valence-corrected chi connectivity index (χ4v) is 1.14. The van der Waals surface area contributed by atoms with E-state index < -0.39 is 11.0 Å². The number of nitrogens with zero attached hydrogens (tertiary/aromatic N) is 2. The molecule has 0 atom stereocenters. The summed E-state index contributed by atoms with van der Waals surface area (Å²) in [6.07, 6.45) is 3.19. The van der Waals surface area contributed by atoms with Crippen LogP contribution in [0.3, 0.4) is 0 Å². The van der Waals surface area contributed by atoms with E-state index in [2.05, 4.69) is 18.9 Å². The van der Waals surface area contributed by atoms with Crippen LogP contribution in [0.4, 0.5) is 0 Å². The van der Waals surface area contributed by atoms with E-state index in [0.717, 1.165) is 4.86 Å². The first-order valence-corrected chi connectivity index (χ1v) is 3.07.